The Morgan fingerprint density at radius 1 is 1.59 bits per heavy atom. The zero-order valence-electron chi connectivity index (χ0n) is 10.6. The molecule has 5 heteroatoms. The van der Waals surface area contributed by atoms with E-state index in [9.17, 15) is 4.79 Å². The average molecular weight is 239 g/mol. The molecule has 0 aromatic heterocycles. The smallest absolute Gasteiger partial charge is 0.305 e. The van der Waals surface area contributed by atoms with Crippen LogP contribution in [0.5, 0.6) is 0 Å². The van der Waals surface area contributed by atoms with E-state index >= 15 is 0 Å². The molecule has 0 amide bonds. The van der Waals surface area contributed by atoms with Crippen LogP contribution in [0, 0.1) is 17.2 Å². The van der Waals surface area contributed by atoms with E-state index in [4.69, 9.17) is 5.26 Å². The highest BCUT2D eigenvalue weighted by Crippen LogP contribution is 2.21. The molecule has 1 fully saturated rings. The summed E-state index contributed by atoms with van der Waals surface area (Å²) in [5.41, 5.74) is 0. The van der Waals surface area contributed by atoms with Crippen molar-refractivity contribution in [2.24, 2.45) is 5.92 Å². The van der Waals surface area contributed by atoms with Gasteiger partial charge in [-0.2, -0.15) is 5.26 Å². The summed E-state index contributed by atoms with van der Waals surface area (Å²) in [5, 5.41) is 12.0. The third-order valence-corrected chi connectivity index (χ3v) is 3.30. The maximum atomic E-state index is 11.1. The number of carbonyl (C=O) groups excluding carboxylic acids is 1. The van der Waals surface area contributed by atoms with Crippen LogP contribution in [0.3, 0.4) is 0 Å². The van der Waals surface area contributed by atoms with Crippen molar-refractivity contribution in [2.45, 2.75) is 25.3 Å². The Bertz CT molecular complexity index is 288. The highest BCUT2D eigenvalue weighted by Gasteiger charge is 2.26. The van der Waals surface area contributed by atoms with Crippen molar-refractivity contribution in [3.05, 3.63) is 0 Å². The van der Waals surface area contributed by atoms with Gasteiger partial charge in [-0.3, -0.25) is 9.69 Å². The molecular formula is C12H21N3O2. The van der Waals surface area contributed by atoms with E-state index in [1.807, 2.05) is 7.05 Å². The van der Waals surface area contributed by atoms with Crippen molar-refractivity contribution in [1.82, 2.24) is 10.2 Å². The molecule has 0 aliphatic carbocycles. The molecule has 1 aliphatic heterocycles. The first kappa shape index (κ1) is 13.9. The van der Waals surface area contributed by atoms with Crippen molar-refractivity contribution in [3.63, 3.8) is 0 Å². The van der Waals surface area contributed by atoms with Crippen molar-refractivity contribution in [2.75, 3.05) is 33.8 Å². The molecular weight excluding hydrogens is 218 g/mol. The maximum Gasteiger partial charge on any atom is 0.305 e. The molecule has 0 radical (unpaired) electrons. The van der Waals surface area contributed by atoms with Crippen LogP contribution in [0.1, 0.15) is 19.3 Å². The molecule has 1 rings (SSSR count). The molecule has 0 saturated carbocycles. The highest BCUT2D eigenvalue weighted by molar-refractivity contribution is 5.69. The van der Waals surface area contributed by atoms with Gasteiger partial charge in [-0.05, 0) is 25.8 Å². The summed E-state index contributed by atoms with van der Waals surface area (Å²) >= 11 is 0. The van der Waals surface area contributed by atoms with E-state index in [0.717, 1.165) is 25.9 Å². The third-order valence-electron chi connectivity index (χ3n) is 3.30. The highest BCUT2D eigenvalue weighted by atomic mass is 16.5. The topological polar surface area (TPSA) is 65.4 Å². The zero-order chi connectivity index (χ0) is 12.7. The lowest BCUT2D eigenvalue weighted by molar-refractivity contribution is -0.141. The maximum absolute atomic E-state index is 11.1. The molecule has 1 saturated heterocycles. The minimum Gasteiger partial charge on any atom is -0.469 e. The van der Waals surface area contributed by atoms with Gasteiger partial charge in [0.2, 0.25) is 0 Å². The second-order valence-corrected chi connectivity index (χ2v) is 4.55. The number of hydrogen-bond donors (Lipinski definition) is 1. The summed E-state index contributed by atoms with van der Waals surface area (Å²) in [6.07, 6.45) is 2.38. The lowest BCUT2D eigenvalue weighted by Crippen LogP contribution is -2.48. The SMILES string of the molecule is CNC1CC(CCC(=O)OC)CN(CC#N)C1. The Morgan fingerprint density at radius 3 is 2.94 bits per heavy atom. The molecule has 0 spiro atoms. The number of ether oxygens (including phenoxy) is 1. The molecule has 2 unspecified atom stereocenters. The Balaban J connectivity index is 2.42. The third kappa shape index (κ3) is 4.72. The van der Waals surface area contributed by atoms with Crippen molar-refractivity contribution < 1.29 is 9.53 Å². The van der Waals surface area contributed by atoms with E-state index in [1.54, 1.807) is 0 Å². The van der Waals surface area contributed by atoms with Gasteiger partial charge < -0.3 is 10.1 Å². The van der Waals surface area contributed by atoms with Crippen LogP contribution in [0.2, 0.25) is 0 Å². The van der Waals surface area contributed by atoms with Gasteiger partial charge in [-0.15, -0.1) is 0 Å². The number of likely N-dealkylation sites (N-methyl/N-ethyl adjacent to an activating group) is 1. The number of rotatable bonds is 5. The van der Waals surface area contributed by atoms with Crippen molar-refractivity contribution >= 4 is 5.97 Å². The van der Waals surface area contributed by atoms with Crippen LogP contribution in [-0.2, 0) is 9.53 Å². The standard InChI is InChI=1S/C12H21N3O2/c1-14-11-7-10(3-4-12(16)17-2)8-15(9-11)6-5-13/h10-11,14H,3-4,6-9H2,1-2H3. The number of hydrogen-bond acceptors (Lipinski definition) is 5. The van der Waals surface area contributed by atoms with Gasteiger partial charge in [0.05, 0.1) is 19.7 Å². The van der Waals surface area contributed by atoms with Crippen molar-refractivity contribution in [3.8, 4) is 6.07 Å². The molecule has 0 bridgehead atoms. The lowest BCUT2D eigenvalue weighted by atomic mass is 9.90. The van der Waals surface area contributed by atoms with Gasteiger partial charge in [0.15, 0.2) is 0 Å². The number of nitrogens with zero attached hydrogens (tertiary/aromatic N) is 2. The van der Waals surface area contributed by atoms with E-state index in [1.165, 1.54) is 7.11 Å². The fourth-order valence-corrected chi connectivity index (χ4v) is 2.37. The molecule has 17 heavy (non-hydrogen) atoms. The number of likely N-dealkylation sites (tertiary alicyclic amines) is 1. The van der Waals surface area contributed by atoms with Crippen LogP contribution >= 0.6 is 0 Å². The zero-order valence-corrected chi connectivity index (χ0v) is 10.6. The molecule has 1 aliphatic rings. The number of nitriles is 1. The van der Waals surface area contributed by atoms with E-state index in [0.29, 0.717) is 24.9 Å². The minimum atomic E-state index is -0.150. The quantitative estimate of drug-likeness (QED) is 0.555. The predicted octanol–water partition coefficient (Wildman–Crippen LogP) is 0.373. The summed E-state index contributed by atoms with van der Waals surface area (Å²) in [6.45, 7) is 2.29. The Labute approximate surface area is 103 Å². The van der Waals surface area contributed by atoms with Crippen LogP contribution in [0.4, 0.5) is 0 Å². The van der Waals surface area contributed by atoms with Crippen LogP contribution in [0.25, 0.3) is 0 Å². The first-order valence-corrected chi connectivity index (χ1v) is 6.03. The summed E-state index contributed by atoms with van der Waals surface area (Å²) < 4.78 is 4.65. The molecule has 1 N–H and O–H groups in total. The Morgan fingerprint density at radius 2 is 2.35 bits per heavy atom. The van der Waals surface area contributed by atoms with Gasteiger partial charge in [-0.25, -0.2) is 0 Å². The fraction of sp³-hybridized carbons (Fsp3) is 0.833. The van der Waals surface area contributed by atoms with Gasteiger partial charge >= 0.3 is 5.97 Å². The van der Waals surface area contributed by atoms with Crippen LogP contribution < -0.4 is 5.32 Å². The number of piperidine rings is 1. The van der Waals surface area contributed by atoms with Crippen LogP contribution in [-0.4, -0.2) is 50.7 Å². The Kier molecular flexibility index (Phi) is 5.95. The fourth-order valence-electron chi connectivity index (χ4n) is 2.37. The van der Waals surface area contributed by atoms with Gasteiger partial charge in [0, 0.05) is 25.6 Å². The van der Waals surface area contributed by atoms with E-state index < -0.39 is 0 Å². The van der Waals surface area contributed by atoms with Gasteiger partial charge in [0.1, 0.15) is 0 Å². The molecule has 96 valence electrons. The number of carbonyl (C=O) groups is 1. The number of methoxy groups -OCH3 is 1. The molecule has 1 heterocycles. The molecule has 0 aromatic carbocycles. The predicted molar refractivity (Wildman–Crippen MR) is 64.3 cm³/mol. The largest absolute Gasteiger partial charge is 0.469 e. The summed E-state index contributed by atoms with van der Waals surface area (Å²) in [6, 6.07) is 2.60. The summed E-state index contributed by atoms with van der Waals surface area (Å²) in [7, 11) is 3.36. The van der Waals surface area contributed by atoms with Gasteiger partial charge in [0.25, 0.3) is 0 Å². The number of esters is 1. The van der Waals surface area contributed by atoms with E-state index in [2.05, 4.69) is 21.0 Å². The molecule has 2 atom stereocenters. The second-order valence-electron chi connectivity index (χ2n) is 4.55. The first-order chi connectivity index (χ1) is 8.19. The Hall–Kier alpha value is -1.12. The number of nitrogens with one attached hydrogen (secondary N) is 1. The summed E-state index contributed by atoms with van der Waals surface area (Å²) in [4.78, 5) is 13.3. The molecule has 5 nitrogen and oxygen atoms in total. The minimum absolute atomic E-state index is 0.150. The second kappa shape index (κ2) is 7.25. The first-order valence-electron chi connectivity index (χ1n) is 6.03. The normalized spacial score (nSPS) is 25.2. The molecule has 0 aromatic rings. The van der Waals surface area contributed by atoms with E-state index in [-0.39, 0.29) is 5.97 Å². The van der Waals surface area contributed by atoms with Gasteiger partial charge in [-0.1, -0.05) is 0 Å². The van der Waals surface area contributed by atoms with Crippen molar-refractivity contribution in [1.29, 1.82) is 5.26 Å². The monoisotopic (exact) mass is 239 g/mol. The van der Waals surface area contributed by atoms with Crippen LogP contribution in [0.15, 0.2) is 0 Å². The average Bonchev–Trinajstić information content (AvgIpc) is 2.36. The lowest BCUT2D eigenvalue weighted by Gasteiger charge is -2.36. The summed E-state index contributed by atoms with van der Waals surface area (Å²) in [5.74, 6) is 0.317.